The Bertz CT molecular complexity index is 725. The lowest BCUT2D eigenvalue weighted by molar-refractivity contribution is 0.0997. The second kappa shape index (κ2) is 5.24. The Balaban J connectivity index is 2.38. The van der Waals surface area contributed by atoms with Crippen molar-refractivity contribution in [2.75, 3.05) is 5.73 Å². The van der Waals surface area contributed by atoms with Gasteiger partial charge in [0, 0.05) is 6.07 Å². The summed E-state index contributed by atoms with van der Waals surface area (Å²) >= 11 is 0. The molecule has 1 aromatic heterocycles. The fourth-order valence-corrected chi connectivity index (χ4v) is 1.49. The first kappa shape index (κ1) is 13.3. The number of benzene rings is 1. The second-order valence-electron chi connectivity index (χ2n) is 3.84. The van der Waals surface area contributed by atoms with Crippen LogP contribution in [-0.4, -0.2) is 10.9 Å². The van der Waals surface area contributed by atoms with Gasteiger partial charge in [0.1, 0.15) is 23.2 Å². The van der Waals surface area contributed by atoms with Gasteiger partial charge in [0.25, 0.3) is 5.91 Å². The minimum Gasteiger partial charge on any atom is -0.438 e. The fourth-order valence-electron chi connectivity index (χ4n) is 1.49. The summed E-state index contributed by atoms with van der Waals surface area (Å²) in [6.07, 6.45) is 1.28. The molecule has 6 nitrogen and oxygen atoms in total. The third-order valence-electron chi connectivity index (χ3n) is 2.41. The maximum absolute atomic E-state index is 13.4. The summed E-state index contributed by atoms with van der Waals surface area (Å²) in [5, 5.41) is 8.63. The highest BCUT2D eigenvalue weighted by Gasteiger charge is 2.13. The predicted octanol–water partition coefficient (Wildman–Crippen LogP) is 1.57. The Hall–Kier alpha value is -3.14. The summed E-state index contributed by atoms with van der Waals surface area (Å²) in [4.78, 5) is 15.1. The van der Waals surface area contributed by atoms with E-state index in [2.05, 4.69) is 4.98 Å². The van der Waals surface area contributed by atoms with Gasteiger partial charge in [-0.3, -0.25) is 4.79 Å². The van der Waals surface area contributed by atoms with Gasteiger partial charge in [0.2, 0.25) is 5.88 Å². The van der Waals surface area contributed by atoms with Crippen molar-refractivity contribution in [1.82, 2.24) is 4.98 Å². The maximum atomic E-state index is 13.4. The molecular formula is C13H9FN4O2. The zero-order valence-corrected chi connectivity index (χ0v) is 10.1. The van der Waals surface area contributed by atoms with Crippen molar-refractivity contribution in [3.8, 4) is 17.7 Å². The van der Waals surface area contributed by atoms with Crippen LogP contribution in [0.1, 0.15) is 15.9 Å². The van der Waals surface area contributed by atoms with Gasteiger partial charge in [0.05, 0.1) is 17.4 Å². The quantitative estimate of drug-likeness (QED) is 0.879. The third kappa shape index (κ3) is 2.64. The number of primary amides is 1. The third-order valence-corrected chi connectivity index (χ3v) is 2.41. The molecular weight excluding hydrogens is 263 g/mol. The number of anilines is 1. The summed E-state index contributed by atoms with van der Waals surface area (Å²) in [6.45, 7) is 0. The van der Waals surface area contributed by atoms with Crippen LogP contribution in [0, 0.1) is 17.1 Å². The summed E-state index contributed by atoms with van der Waals surface area (Å²) in [5.74, 6) is -1.51. The molecule has 1 aromatic carbocycles. The molecule has 7 heteroatoms. The van der Waals surface area contributed by atoms with Crippen molar-refractivity contribution in [2.45, 2.75) is 0 Å². The van der Waals surface area contributed by atoms with Gasteiger partial charge < -0.3 is 16.2 Å². The number of pyridine rings is 1. The smallest absolute Gasteiger partial charge is 0.254 e. The predicted molar refractivity (Wildman–Crippen MR) is 68.4 cm³/mol. The SMILES string of the molecule is N#Cc1ccc(Oc2ncc(N)cc2C(N)=O)cc1F. The molecule has 20 heavy (non-hydrogen) atoms. The van der Waals surface area contributed by atoms with E-state index in [9.17, 15) is 9.18 Å². The van der Waals surface area contributed by atoms with Gasteiger partial charge in [-0.05, 0) is 18.2 Å². The van der Waals surface area contributed by atoms with Crippen LogP contribution in [0.5, 0.6) is 11.6 Å². The molecule has 0 aliphatic heterocycles. The molecule has 1 amide bonds. The number of halogens is 1. The molecule has 1 heterocycles. The van der Waals surface area contributed by atoms with Crippen LogP contribution < -0.4 is 16.2 Å². The standard InChI is InChI=1S/C13H9FN4O2/c14-11-4-9(2-1-7(11)5-15)20-13-10(12(17)19)3-8(16)6-18-13/h1-4,6H,16H2,(H2,17,19). The van der Waals surface area contributed by atoms with E-state index in [1.165, 1.54) is 24.4 Å². The average molecular weight is 272 g/mol. The van der Waals surface area contributed by atoms with E-state index < -0.39 is 11.7 Å². The number of nitriles is 1. The number of hydrogen-bond acceptors (Lipinski definition) is 5. The van der Waals surface area contributed by atoms with E-state index in [1.54, 1.807) is 6.07 Å². The highest BCUT2D eigenvalue weighted by atomic mass is 19.1. The summed E-state index contributed by atoms with van der Waals surface area (Å²) in [7, 11) is 0. The molecule has 0 fully saturated rings. The molecule has 0 aliphatic carbocycles. The molecule has 0 bridgehead atoms. The van der Waals surface area contributed by atoms with E-state index in [-0.39, 0.29) is 28.4 Å². The first-order valence-corrected chi connectivity index (χ1v) is 5.44. The van der Waals surface area contributed by atoms with Crippen molar-refractivity contribution in [2.24, 2.45) is 5.73 Å². The number of nitrogens with zero attached hydrogens (tertiary/aromatic N) is 2. The molecule has 0 unspecified atom stereocenters. The number of carbonyl (C=O) groups is 1. The number of amides is 1. The molecule has 0 radical (unpaired) electrons. The summed E-state index contributed by atoms with van der Waals surface area (Å²) < 4.78 is 18.7. The number of hydrogen-bond donors (Lipinski definition) is 2. The van der Waals surface area contributed by atoms with Crippen LogP contribution in [0.2, 0.25) is 0 Å². The topological polar surface area (TPSA) is 115 Å². The second-order valence-corrected chi connectivity index (χ2v) is 3.84. The normalized spacial score (nSPS) is 9.80. The van der Waals surface area contributed by atoms with Gasteiger partial charge in [0.15, 0.2) is 0 Å². The van der Waals surface area contributed by atoms with Crippen LogP contribution in [0.3, 0.4) is 0 Å². The molecule has 2 aromatic rings. The fraction of sp³-hybridized carbons (Fsp3) is 0. The lowest BCUT2D eigenvalue weighted by Crippen LogP contribution is -2.13. The van der Waals surface area contributed by atoms with Gasteiger partial charge in [-0.15, -0.1) is 0 Å². The highest BCUT2D eigenvalue weighted by molar-refractivity contribution is 5.95. The average Bonchev–Trinajstić information content (AvgIpc) is 2.41. The Morgan fingerprint density at radius 3 is 2.75 bits per heavy atom. The van der Waals surface area contributed by atoms with Crippen molar-refractivity contribution in [3.63, 3.8) is 0 Å². The molecule has 0 aliphatic rings. The van der Waals surface area contributed by atoms with E-state index in [1.807, 2.05) is 0 Å². The lowest BCUT2D eigenvalue weighted by atomic mass is 10.2. The number of rotatable bonds is 3. The van der Waals surface area contributed by atoms with E-state index in [0.29, 0.717) is 0 Å². The Kier molecular flexibility index (Phi) is 3.48. The van der Waals surface area contributed by atoms with Crippen molar-refractivity contribution in [1.29, 1.82) is 5.26 Å². The zero-order chi connectivity index (χ0) is 14.7. The van der Waals surface area contributed by atoms with Crippen LogP contribution in [0.25, 0.3) is 0 Å². The van der Waals surface area contributed by atoms with Gasteiger partial charge in [-0.25, -0.2) is 9.37 Å². The molecule has 0 saturated carbocycles. The summed E-state index contributed by atoms with van der Waals surface area (Å²) in [5.41, 5.74) is 10.8. The Labute approximate surface area is 113 Å². The Morgan fingerprint density at radius 2 is 2.15 bits per heavy atom. The number of carbonyl (C=O) groups excluding carboxylic acids is 1. The number of nitrogen functional groups attached to an aromatic ring is 1. The number of ether oxygens (including phenoxy) is 1. The van der Waals surface area contributed by atoms with Gasteiger partial charge in [-0.2, -0.15) is 5.26 Å². The number of nitrogens with two attached hydrogens (primary N) is 2. The molecule has 100 valence electrons. The van der Waals surface area contributed by atoms with Gasteiger partial charge >= 0.3 is 0 Å². The van der Waals surface area contributed by atoms with Crippen molar-refractivity contribution < 1.29 is 13.9 Å². The monoisotopic (exact) mass is 272 g/mol. The minimum atomic E-state index is -0.770. The van der Waals surface area contributed by atoms with E-state index in [4.69, 9.17) is 21.5 Å². The Morgan fingerprint density at radius 1 is 1.40 bits per heavy atom. The molecule has 0 spiro atoms. The van der Waals surface area contributed by atoms with Crippen molar-refractivity contribution in [3.05, 3.63) is 47.4 Å². The molecule has 0 atom stereocenters. The number of aromatic nitrogens is 1. The highest BCUT2D eigenvalue weighted by Crippen LogP contribution is 2.25. The molecule has 4 N–H and O–H groups in total. The van der Waals surface area contributed by atoms with E-state index >= 15 is 0 Å². The van der Waals surface area contributed by atoms with Crippen molar-refractivity contribution >= 4 is 11.6 Å². The first-order valence-electron chi connectivity index (χ1n) is 5.44. The largest absolute Gasteiger partial charge is 0.438 e. The first-order chi connectivity index (χ1) is 9.51. The van der Waals surface area contributed by atoms with Gasteiger partial charge in [-0.1, -0.05) is 0 Å². The maximum Gasteiger partial charge on any atom is 0.254 e. The lowest BCUT2D eigenvalue weighted by Gasteiger charge is -2.08. The van der Waals surface area contributed by atoms with Crippen LogP contribution in [0.4, 0.5) is 10.1 Å². The zero-order valence-electron chi connectivity index (χ0n) is 10.1. The van der Waals surface area contributed by atoms with Crippen LogP contribution >= 0.6 is 0 Å². The minimum absolute atomic E-state index is 0.0187. The summed E-state index contributed by atoms with van der Waals surface area (Å²) in [6, 6.07) is 6.65. The molecule has 2 rings (SSSR count). The van der Waals surface area contributed by atoms with Crippen LogP contribution in [-0.2, 0) is 0 Å². The van der Waals surface area contributed by atoms with Crippen LogP contribution in [0.15, 0.2) is 30.5 Å². The molecule has 0 saturated heterocycles. The van der Waals surface area contributed by atoms with E-state index in [0.717, 1.165) is 6.07 Å².